The van der Waals surface area contributed by atoms with Gasteiger partial charge in [0.1, 0.15) is 5.75 Å². The number of aromatic hydroxyl groups is 1. The molecular weight excluding hydrogens is 274 g/mol. The molecule has 0 fully saturated rings. The van der Waals surface area contributed by atoms with Crippen LogP contribution < -0.4 is 5.32 Å². The molecule has 0 heterocycles. The van der Waals surface area contributed by atoms with Crippen LogP contribution in [0.2, 0.25) is 5.02 Å². The number of hydrogen-bond acceptors (Lipinski definition) is 5. The molecule has 1 amide bonds. The highest BCUT2D eigenvalue weighted by molar-refractivity contribution is 6.47. The molecule has 0 saturated heterocycles. The Labute approximate surface area is 114 Å². The fourth-order valence-electron chi connectivity index (χ4n) is 1.39. The Morgan fingerprint density at radius 1 is 1.37 bits per heavy atom. The quantitative estimate of drug-likeness (QED) is 0.380. The Morgan fingerprint density at radius 2 is 2.00 bits per heavy atom. The molecule has 102 valence electrons. The molecule has 7 heteroatoms. The summed E-state index contributed by atoms with van der Waals surface area (Å²) in [5.74, 6) is -3.03. The largest absolute Gasteiger partial charge is 0.506 e. The number of esters is 1. The third-order valence-electron chi connectivity index (χ3n) is 2.12. The Bertz CT molecular complexity index is 541. The molecule has 0 aliphatic heterocycles. The summed E-state index contributed by atoms with van der Waals surface area (Å²) >= 11 is 5.83. The molecule has 0 bridgehead atoms. The number of phenolic OH excluding ortho intramolecular Hbond substituents is 1. The van der Waals surface area contributed by atoms with Crippen molar-refractivity contribution in [2.45, 2.75) is 13.8 Å². The van der Waals surface area contributed by atoms with Gasteiger partial charge in [0, 0.05) is 6.92 Å². The summed E-state index contributed by atoms with van der Waals surface area (Å²) in [6.07, 6.45) is 0. The first kappa shape index (κ1) is 15.0. The molecule has 2 N–H and O–H groups in total. The van der Waals surface area contributed by atoms with E-state index in [1.807, 2.05) is 0 Å². The topological polar surface area (TPSA) is 92.7 Å². The van der Waals surface area contributed by atoms with E-state index in [1.54, 1.807) is 6.92 Å². The molecule has 19 heavy (non-hydrogen) atoms. The van der Waals surface area contributed by atoms with E-state index >= 15 is 0 Å². The molecular formula is C12H12ClNO5. The highest BCUT2D eigenvalue weighted by Gasteiger charge is 2.26. The maximum atomic E-state index is 11.9. The molecule has 0 radical (unpaired) electrons. The number of carbonyl (C=O) groups excluding carboxylic acids is 3. The first-order valence-electron chi connectivity index (χ1n) is 5.39. The SMILES string of the molecule is CCOC(=O)C(=O)c1c(Cl)ccc(O)c1NC(C)=O. The zero-order valence-electron chi connectivity index (χ0n) is 10.3. The van der Waals surface area contributed by atoms with Gasteiger partial charge in [-0.3, -0.25) is 9.59 Å². The lowest BCUT2D eigenvalue weighted by atomic mass is 10.1. The zero-order chi connectivity index (χ0) is 14.6. The zero-order valence-corrected chi connectivity index (χ0v) is 11.1. The second-order valence-corrected chi connectivity index (χ2v) is 3.95. The average molecular weight is 286 g/mol. The number of Topliss-reactive ketones (excluding diaryl/α,β-unsaturated/α-hetero) is 1. The van der Waals surface area contributed by atoms with Crippen LogP contribution in [0.5, 0.6) is 5.75 Å². The van der Waals surface area contributed by atoms with Crippen molar-refractivity contribution in [3.05, 3.63) is 22.7 Å². The van der Waals surface area contributed by atoms with Crippen LogP contribution in [0.1, 0.15) is 24.2 Å². The van der Waals surface area contributed by atoms with Crippen molar-refractivity contribution < 1.29 is 24.2 Å². The fraction of sp³-hybridized carbons (Fsp3) is 0.250. The maximum absolute atomic E-state index is 11.9. The summed E-state index contributed by atoms with van der Waals surface area (Å²) in [7, 11) is 0. The van der Waals surface area contributed by atoms with Crippen LogP contribution in [0.15, 0.2) is 12.1 Å². The van der Waals surface area contributed by atoms with Gasteiger partial charge in [0.25, 0.3) is 5.78 Å². The lowest BCUT2D eigenvalue weighted by Gasteiger charge is -2.12. The molecule has 0 aliphatic carbocycles. The lowest BCUT2D eigenvalue weighted by Crippen LogP contribution is -2.20. The van der Waals surface area contributed by atoms with E-state index < -0.39 is 17.7 Å². The minimum Gasteiger partial charge on any atom is -0.506 e. The average Bonchev–Trinajstić information content (AvgIpc) is 2.33. The number of anilines is 1. The highest BCUT2D eigenvalue weighted by Crippen LogP contribution is 2.33. The molecule has 1 aromatic rings. The summed E-state index contributed by atoms with van der Waals surface area (Å²) in [6.45, 7) is 2.76. The van der Waals surface area contributed by atoms with Gasteiger partial charge in [0.2, 0.25) is 5.91 Å². The first-order valence-corrected chi connectivity index (χ1v) is 5.76. The third kappa shape index (κ3) is 3.45. The number of amides is 1. The minimum absolute atomic E-state index is 0.0243. The summed E-state index contributed by atoms with van der Waals surface area (Å²) in [4.78, 5) is 34.4. The van der Waals surface area contributed by atoms with Crippen molar-refractivity contribution in [1.29, 1.82) is 0 Å². The molecule has 0 aliphatic rings. The van der Waals surface area contributed by atoms with Crippen LogP contribution in [0.4, 0.5) is 5.69 Å². The predicted molar refractivity (Wildman–Crippen MR) is 68.4 cm³/mol. The number of nitrogens with one attached hydrogen (secondary N) is 1. The second kappa shape index (κ2) is 6.19. The van der Waals surface area contributed by atoms with E-state index in [1.165, 1.54) is 19.1 Å². The van der Waals surface area contributed by atoms with Gasteiger partial charge in [-0.15, -0.1) is 0 Å². The van der Waals surface area contributed by atoms with Crippen LogP contribution in [0.25, 0.3) is 0 Å². The number of phenols is 1. The number of hydrogen-bond donors (Lipinski definition) is 2. The normalized spacial score (nSPS) is 9.84. The molecule has 0 atom stereocenters. The van der Waals surface area contributed by atoms with Crippen molar-refractivity contribution in [3.8, 4) is 5.75 Å². The van der Waals surface area contributed by atoms with E-state index in [-0.39, 0.29) is 28.6 Å². The van der Waals surface area contributed by atoms with Gasteiger partial charge in [-0.25, -0.2) is 4.79 Å². The third-order valence-corrected chi connectivity index (χ3v) is 2.44. The van der Waals surface area contributed by atoms with Gasteiger partial charge < -0.3 is 15.2 Å². The van der Waals surface area contributed by atoms with Gasteiger partial charge in [-0.2, -0.15) is 0 Å². The Hall–Kier alpha value is -2.08. The number of carbonyl (C=O) groups is 3. The Kier molecular flexibility index (Phi) is 4.88. The second-order valence-electron chi connectivity index (χ2n) is 3.55. The van der Waals surface area contributed by atoms with Crippen molar-refractivity contribution >= 4 is 34.9 Å². The van der Waals surface area contributed by atoms with Gasteiger partial charge in [-0.05, 0) is 19.1 Å². The van der Waals surface area contributed by atoms with E-state index in [0.29, 0.717) is 0 Å². The van der Waals surface area contributed by atoms with Crippen molar-refractivity contribution in [3.63, 3.8) is 0 Å². The van der Waals surface area contributed by atoms with Crippen molar-refractivity contribution in [2.24, 2.45) is 0 Å². The predicted octanol–water partition coefficient (Wildman–Crippen LogP) is 1.75. The molecule has 0 aromatic heterocycles. The number of rotatable bonds is 4. The Balaban J connectivity index is 3.31. The van der Waals surface area contributed by atoms with E-state index in [0.717, 1.165) is 0 Å². The molecule has 0 spiro atoms. The fourth-order valence-corrected chi connectivity index (χ4v) is 1.63. The number of ether oxygens (including phenoxy) is 1. The van der Waals surface area contributed by atoms with Gasteiger partial charge >= 0.3 is 5.97 Å². The van der Waals surface area contributed by atoms with E-state index in [4.69, 9.17) is 11.6 Å². The van der Waals surface area contributed by atoms with Crippen LogP contribution in [-0.2, 0) is 14.3 Å². The summed E-state index contributed by atoms with van der Waals surface area (Å²) in [5.41, 5.74) is -0.506. The van der Waals surface area contributed by atoms with E-state index in [2.05, 4.69) is 10.1 Å². The van der Waals surface area contributed by atoms with Gasteiger partial charge in [0.15, 0.2) is 0 Å². The molecule has 0 saturated carbocycles. The molecule has 0 unspecified atom stereocenters. The number of benzene rings is 1. The molecule has 1 aromatic carbocycles. The number of ketones is 1. The first-order chi connectivity index (χ1) is 8.88. The maximum Gasteiger partial charge on any atom is 0.379 e. The van der Waals surface area contributed by atoms with Gasteiger partial charge in [-0.1, -0.05) is 11.6 Å². The van der Waals surface area contributed by atoms with Crippen molar-refractivity contribution in [1.82, 2.24) is 0 Å². The smallest absolute Gasteiger partial charge is 0.379 e. The monoisotopic (exact) mass is 285 g/mol. The number of halogens is 1. The molecule has 1 rings (SSSR count). The summed E-state index contributed by atoms with van der Waals surface area (Å²) < 4.78 is 4.57. The van der Waals surface area contributed by atoms with Crippen LogP contribution in [0.3, 0.4) is 0 Å². The lowest BCUT2D eigenvalue weighted by molar-refractivity contribution is -0.137. The summed E-state index contributed by atoms with van der Waals surface area (Å²) in [5, 5.41) is 11.8. The van der Waals surface area contributed by atoms with Crippen molar-refractivity contribution in [2.75, 3.05) is 11.9 Å². The standard InChI is InChI=1S/C12H12ClNO5/c1-3-19-12(18)11(17)9-7(13)4-5-8(16)10(9)14-6(2)15/h4-5,16H,3H2,1-2H3,(H,14,15). The van der Waals surface area contributed by atoms with E-state index in [9.17, 15) is 19.5 Å². The van der Waals surface area contributed by atoms with Gasteiger partial charge in [0.05, 0.1) is 22.9 Å². The van der Waals surface area contributed by atoms with Crippen LogP contribution >= 0.6 is 11.6 Å². The van der Waals surface area contributed by atoms with Crippen LogP contribution in [0, 0.1) is 0 Å². The minimum atomic E-state index is -1.11. The summed E-state index contributed by atoms with van der Waals surface area (Å²) in [6, 6.07) is 2.45. The molecule has 6 nitrogen and oxygen atoms in total. The highest BCUT2D eigenvalue weighted by atomic mass is 35.5. The Morgan fingerprint density at radius 3 is 2.53 bits per heavy atom. The van der Waals surface area contributed by atoms with Crippen LogP contribution in [-0.4, -0.2) is 29.4 Å².